The van der Waals surface area contributed by atoms with Gasteiger partial charge in [-0.3, -0.25) is 4.79 Å². The Hall–Kier alpha value is -0.740. The zero-order valence-electron chi connectivity index (χ0n) is 8.46. The first-order chi connectivity index (χ1) is 7.27. The van der Waals surface area contributed by atoms with Gasteiger partial charge in [0, 0.05) is 23.3 Å². The number of thiophene rings is 1. The predicted octanol–water partition coefficient (Wildman–Crippen LogP) is 2.00. The van der Waals surface area contributed by atoms with Crippen molar-refractivity contribution in [2.24, 2.45) is 5.92 Å². The summed E-state index contributed by atoms with van der Waals surface area (Å²) in [6.07, 6.45) is 2.05. The number of nitrogens with one attached hydrogen (secondary N) is 1. The average molecular weight is 227 g/mol. The molecule has 1 aromatic heterocycles. The Bertz CT molecular complexity index is 344. The molecule has 2 heterocycles. The standard InChI is InChI=1S/C11H14FNOS/c12-10-7-15-6-9(10)5-11(14)8-1-3-13-4-2-8/h6-8,13H,1-5H2. The molecule has 1 aliphatic rings. The van der Waals surface area contributed by atoms with Crippen LogP contribution in [0.4, 0.5) is 4.39 Å². The summed E-state index contributed by atoms with van der Waals surface area (Å²) in [5.74, 6) is 0.0848. The minimum atomic E-state index is -0.234. The molecule has 2 rings (SSSR count). The maximum atomic E-state index is 13.1. The molecular formula is C11H14FNOS. The van der Waals surface area contributed by atoms with Crippen LogP contribution in [0.2, 0.25) is 0 Å². The van der Waals surface area contributed by atoms with Crippen LogP contribution in [-0.4, -0.2) is 18.9 Å². The predicted molar refractivity (Wildman–Crippen MR) is 58.6 cm³/mol. The molecule has 0 aliphatic carbocycles. The molecular weight excluding hydrogens is 213 g/mol. The first kappa shape index (κ1) is 10.8. The topological polar surface area (TPSA) is 29.1 Å². The molecule has 2 nitrogen and oxygen atoms in total. The van der Waals surface area contributed by atoms with Gasteiger partial charge in [0.15, 0.2) is 0 Å². The van der Waals surface area contributed by atoms with Crippen LogP contribution in [0, 0.1) is 11.7 Å². The second kappa shape index (κ2) is 4.86. The van der Waals surface area contributed by atoms with Crippen LogP contribution < -0.4 is 5.32 Å². The Morgan fingerprint density at radius 3 is 2.80 bits per heavy atom. The van der Waals surface area contributed by atoms with Crippen LogP contribution >= 0.6 is 11.3 Å². The van der Waals surface area contributed by atoms with Crippen molar-refractivity contribution >= 4 is 17.1 Å². The van der Waals surface area contributed by atoms with Crippen LogP contribution in [0.3, 0.4) is 0 Å². The first-order valence-electron chi connectivity index (χ1n) is 5.21. The summed E-state index contributed by atoms with van der Waals surface area (Å²) in [5, 5.41) is 6.40. The Kier molecular flexibility index (Phi) is 3.49. The third-order valence-electron chi connectivity index (χ3n) is 2.85. The summed E-state index contributed by atoms with van der Waals surface area (Å²) in [6.45, 7) is 1.81. The van der Waals surface area contributed by atoms with Crippen molar-refractivity contribution < 1.29 is 9.18 Å². The molecule has 0 spiro atoms. The second-order valence-electron chi connectivity index (χ2n) is 3.91. The summed E-state index contributed by atoms with van der Waals surface area (Å²) in [6, 6.07) is 0. The molecule has 1 fully saturated rings. The molecule has 0 unspecified atom stereocenters. The van der Waals surface area contributed by atoms with Crippen LogP contribution in [0.25, 0.3) is 0 Å². The van der Waals surface area contributed by atoms with E-state index in [0.717, 1.165) is 25.9 Å². The highest BCUT2D eigenvalue weighted by Crippen LogP contribution is 2.19. The minimum Gasteiger partial charge on any atom is -0.317 e. The lowest BCUT2D eigenvalue weighted by Gasteiger charge is -2.21. The van der Waals surface area contributed by atoms with Gasteiger partial charge < -0.3 is 5.32 Å². The summed E-state index contributed by atoms with van der Waals surface area (Å²) in [5.41, 5.74) is 0.559. The monoisotopic (exact) mass is 227 g/mol. The van der Waals surface area contributed by atoms with Crippen molar-refractivity contribution in [3.05, 3.63) is 22.1 Å². The SMILES string of the molecule is O=C(Cc1cscc1F)C1CCNCC1. The van der Waals surface area contributed by atoms with Gasteiger partial charge in [0.2, 0.25) is 0 Å². The van der Waals surface area contributed by atoms with Crippen LogP contribution in [-0.2, 0) is 11.2 Å². The van der Waals surface area contributed by atoms with E-state index in [4.69, 9.17) is 0 Å². The molecule has 0 aromatic carbocycles. The molecule has 0 bridgehead atoms. The van der Waals surface area contributed by atoms with E-state index >= 15 is 0 Å². The van der Waals surface area contributed by atoms with Crippen molar-refractivity contribution in [2.75, 3.05) is 13.1 Å². The minimum absolute atomic E-state index is 0.130. The maximum absolute atomic E-state index is 13.1. The highest BCUT2D eigenvalue weighted by molar-refractivity contribution is 7.08. The third kappa shape index (κ3) is 2.63. The zero-order valence-corrected chi connectivity index (χ0v) is 9.28. The fraction of sp³-hybridized carbons (Fsp3) is 0.545. The summed E-state index contributed by atoms with van der Waals surface area (Å²) in [7, 11) is 0. The third-order valence-corrected chi connectivity index (χ3v) is 3.61. The molecule has 1 aliphatic heterocycles. The highest BCUT2D eigenvalue weighted by atomic mass is 32.1. The van der Waals surface area contributed by atoms with Crippen LogP contribution in [0.5, 0.6) is 0 Å². The Labute approximate surface area is 92.5 Å². The number of piperidine rings is 1. The van der Waals surface area contributed by atoms with E-state index in [1.807, 2.05) is 0 Å². The van der Waals surface area contributed by atoms with Gasteiger partial charge in [0.1, 0.15) is 11.6 Å². The first-order valence-corrected chi connectivity index (χ1v) is 6.15. The van der Waals surface area contributed by atoms with Gasteiger partial charge in [0.05, 0.1) is 0 Å². The number of hydrogen-bond donors (Lipinski definition) is 1. The van der Waals surface area contributed by atoms with Gasteiger partial charge >= 0.3 is 0 Å². The van der Waals surface area contributed by atoms with Gasteiger partial charge in [-0.15, -0.1) is 11.3 Å². The van der Waals surface area contributed by atoms with Gasteiger partial charge in [-0.2, -0.15) is 0 Å². The van der Waals surface area contributed by atoms with Crippen molar-refractivity contribution in [1.29, 1.82) is 0 Å². The molecule has 1 aromatic rings. The van der Waals surface area contributed by atoms with E-state index in [1.165, 1.54) is 16.7 Å². The molecule has 0 amide bonds. The van der Waals surface area contributed by atoms with Crippen molar-refractivity contribution in [2.45, 2.75) is 19.3 Å². The van der Waals surface area contributed by atoms with E-state index in [0.29, 0.717) is 5.56 Å². The summed E-state index contributed by atoms with van der Waals surface area (Å²) < 4.78 is 13.1. The molecule has 1 saturated heterocycles. The van der Waals surface area contributed by atoms with Crippen molar-refractivity contribution in [1.82, 2.24) is 5.32 Å². The summed E-state index contributed by atoms with van der Waals surface area (Å²) in [4.78, 5) is 11.8. The van der Waals surface area contributed by atoms with Crippen LogP contribution in [0.15, 0.2) is 10.8 Å². The van der Waals surface area contributed by atoms with Gasteiger partial charge in [0.25, 0.3) is 0 Å². The van der Waals surface area contributed by atoms with E-state index in [1.54, 1.807) is 5.38 Å². The number of Topliss-reactive ketones (excluding diaryl/α,β-unsaturated/α-hetero) is 1. The Balaban J connectivity index is 1.94. The maximum Gasteiger partial charge on any atom is 0.140 e. The fourth-order valence-corrected chi connectivity index (χ4v) is 2.61. The molecule has 0 saturated carbocycles. The zero-order chi connectivity index (χ0) is 10.7. The molecule has 82 valence electrons. The van der Waals surface area contributed by atoms with Crippen molar-refractivity contribution in [3.8, 4) is 0 Å². The van der Waals surface area contributed by atoms with E-state index in [9.17, 15) is 9.18 Å². The summed E-state index contributed by atoms with van der Waals surface area (Å²) >= 11 is 1.32. The Morgan fingerprint density at radius 2 is 2.20 bits per heavy atom. The molecule has 0 atom stereocenters. The lowest BCUT2D eigenvalue weighted by molar-refractivity contribution is -0.122. The number of hydrogen-bond acceptors (Lipinski definition) is 3. The van der Waals surface area contributed by atoms with E-state index in [-0.39, 0.29) is 23.9 Å². The van der Waals surface area contributed by atoms with E-state index in [2.05, 4.69) is 5.32 Å². The number of carbonyl (C=O) groups excluding carboxylic acids is 1. The van der Waals surface area contributed by atoms with E-state index < -0.39 is 0 Å². The molecule has 1 N–H and O–H groups in total. The van der Waals surface area contributed by atoms with Crippen molar-refractivity contribution in [3.63, 3.8) is 0 Å². The second-order valence-corrected chi connectivity index (χ2v) is 4.66. The van der Waals surface area contributed by atoms with Gasteiger partial charge in [-0.1, -0.05) is 0 Å². The van der Waals surface area contributed by atoms with Gasteiger partial charge in [-0.25, -0.2) is 4.39 Å². The molecule has 4 heteroatoms. The quantitative estimate of drug-likeness (QED) is 0.855. The van der Waals surface area contributed by atoms with Gasteiger partial charge in [-0.05, 0) is 31.3 Å². The number of halogens is 1. The average Bonchev–Trinajstić information content (AvgIpc) is 2.66. The smallest absolute Gasteiger partial charge is 0.140 e. The lowest BCUT2D eigenvalue weighted by Crippen LogP contribution is -2.32. The number of ketones is 1. The fourth-order valence-electron chi connectivity index (χ4n) is 1.91. The number of rotatable bonds is 3. The Morgan fingerprint density at radius 1 is 1.47 bits per heavy atom. The molecule has 0 radical (unpaired) electrons. The lowest BCUT2D eigenvalue weighted by atomic mass is 9.90. The largest absolute Gasteiger partial charge is 0.317 e. The normalized spacial score (nSPS) is 17.9. The highest BCUT2D eigenvalue weighted by Gasteiger charge is 2.21. The number of carbonyl (C=O) groups is 1. The molecule has 15 heavy (non-hydrogen) atoms. The van der Waals surface area contributed by atoms with Crippen LogP contribution in [0.1, 0.15) is 18.4 Å².